The van der Waals surface area contributed by atoms with E-state index in [0.717, 1.165) is 16.9 Å². The molecule has 0 aliphatic heterocycles. The van der Waals surface area contributed by atoms with Gasteiger partial charge in [0.2, 0.25) is 0 Å². The van der Waals surface area contributed by atoms with Crippen molar-refractivity contribution >= 4 is 34.6 Å². The molecule has 5 nitrogen and oxygen atoms in total. The average Bonchev–Trinajstić information content (AvgIpc) is 2.65. The minimum atomic E-state index is -0.311. The van der Waals surface area contributed by atoms with Crippen LogP contribution in [0.5, 0.6) is 5.75 Å². The number of halogens is 1. The summed E-state index contributed by atoms with van der Waals surface area (Å²) in [5.74, 6) is 0.401. The van der Waals surface area contributed by atoms with Crippen molar-refractivity contribution in [3.8, 4) is 5.75 Å². The second-order valence-corrected chi connectivity index (χ2v) is 6.08. The molecule has 0 fully saturated rings. The number of methoxy groups -OCH3 is 1. The molecule has 0 saturated carbocycles. The molecule has 0 unspecified atom stereocenters. The van der Waals surface area contributed by atoms with Gasteiger partial charge in [0.1, 0.15) is 11.4 Å². The summed E-state index contributed by atoms with van der Waals surface area (Å²) in [6, 6.07) is 16.4. The monoisotopic (exact) mass is 367 g/mol. The van der Waals surface area contributed by atoms with Gasteiger partial charge in [0.25, 0.3) is 5.91 Å². The minimum Gasteiger partial charge on any atom is -0.495 e. The van der Waals surface area contributed by atoms with Crippen LogP contribution in [0.2, 0.25) is 5.02 Å². The van der Waals surface area contributed by atoms with Crippen LogP contribution in [0.25, 0.3) is 0 Å². The Morgan fingerprint density at radius 1 is 1.08 bits per heavy atom. The van der Waals surface area contributed by atoms with Crippen LogP contribution >= 0.6 is 11.6 Å². The molecule has 1 aromatic heterocycles. The number of amides is 1. The zero-order valence-corrected chi connectivity index (χ0v) is 15.2. The number of hydrogen-bond donors (Lipinski definition) is 2. The van der Waals surface area contributed by atoms with Crippen molar-refractivity contribution < 1.29 is 9.53 Å². The molecule has 0 radical (unpaired) electrons. The Morgan fingerprint density at radius 3 is 2.65 bits per heavy atom. The molecule has 0 atom stereocenters. The van der Waals surface area contributed by atoms with Crippen molar-refractivity contribution in [1.29, 1.82) is 0 Å². The molecular formula is C20H18ClN3O2. The van der Waals surface area contributed by atoms with E-state index in [1.807, 2.05) is 37.3 Å². The molecule has 132 valence electrons. The van der Waals surface area contributed by atoms with Crippen LogP contribution in [0.4, 0.5) is 17.1 Å². The summed E-state index contributed by atoms with van der Waals surface area (Å²) in [5, 5.41) is 6.63. The van der Waals surface area contributed by atoms with Gasteiger partial charge in [0, 0.05) is 22.6 Å². The van der Waals surface area contributed by atoms with E-state index in [4.69, 9.17) is 16.3 Å². The molecule has 0 spiro atoms. The molecule has 1 heterocycles. The zero-order chi connectivity index (χ0) is 18.5. The summed E-state index contributed by atoms with van der Waals surface area (Å²) in [4.78, 5) is 16.6. The topological polar surface area (TPSA) is 63.2 Å². The largest absolute Gasteiger partial charge is 0.495 e. The van der Waals surface area contributed by atoms with Gasteiger partial charge >= 0.3 is 0 Å². The van der Waals surface area contributed by atoms with Crippen molar-refractivity contribution in [3.05, 3.63) is 77.1 Å². The van der Waals surface area contributed by atoms with Gasteiger partial charge in [-0.1, -0.05) is 29.8 Å². The molecule has 0 bridgehead atoms. The standard InChI is InChI=1S/C20H18ClN3O2/c1-13-7-8-14(11-16(13)21)24-20(25)18-12-15(9-10-22-18)23-17-5-3-4-6-19(17)26-2/h3-12H,1-2H3,(H,22,23)(H,24,25). The first-order valence-electron chi connectivity index (χ1n) is 8.00. The maximum Gasteiger partial charge on any atom is 0.274 e. The summed E-state index contributed by atoms with van der Waals surface area (Å²) < 4.78 is 5.33. The van der Waals surface area contributed by atoms with E-state index < -0.39 is 0 Å². The summed E-state index contributed by atoms with van der Waals surface area (Å²) in [5.41, 5.74) is 3.40. The molecule has 0 aliphatic carbocycles. The summed E-state index contributed by atoms with van der Waals surface area (Å²) >= 11 is 6.10. The highest BCUT2D eigenvalue weighted by Crippen LogP contribution is 2.27. The van der Waals surface area contributed by atoms with Crippen molar-refractivity contribution in [2.24, 2.45) is 0 Å². The number of pyridine rings is 1. The predicted molar refractivity (Wildman–Crippen MR) is 105 cm³/mol. The highest BCUT2D eigenvalue weighted by molar-refractivity contribution is 6.31. The van der Waals surface area contributed by atoms with Crippen molar-refractivity contribution in [3.63, 3.8) is 0 Å². The number of anilines is 3. The van der Waals surface area contributed by atoms with Gasteiger partial charge in [-0.25, -0.2) is 0 Å². The number of carbonyl (C=O) groups excluding carboxylic acids is 1. The molecule has 3 aromatic rings. The normalized spacial score (nSPS) is 10.3. The molecule has 0 aliphatic rings. The number of para-hydroxylation sites is 2. The van der Waals surface area contributed by atoms with Gasteiger partial charge in [0.15, 0.2) is 0 Å². The minimum absolute atomic E-state index is 0.293. The fraction of sp³-hybridized carbons (Fsp3) is 0.100. The number of carbonyl (C=O) groups is 1. The van der Waals surface area contributed by atoms with Crippen molar-refractivity contribution in [2.75, 3.05) is 17.7 Å². The molecule has 2 N–H and O–H groups in total. The number of benzene rings is 2. The number of nitrogens with one attached hydrogen (secondary N) is 2. The van der Waals surface area contributed by atoms with Crippen LogP contribution < -0.4 is 15.4 Å². The highest BCUT2D eigenvalue weighted by atomic mass is 35.5. The first kappa shape index (κ1) is 17.8. The van der Waals surface area contributed by atoms with E-state index >= 15 is 0 Å². The van der Waals surface area contributed by atoms with Crippen LogP contribution in [0.3, 0.4) is 0 Å². The Labute approximate surface area is 157 Å². The Hall–Kier alpha value is -3.05. The first-order chi connectivity index (χ1) is 12.6. The van der Waals surface area contributed by atoms with Crippen LogP contribution in [-0.4, -0.2) is 18.0 Å². The van der Waals surface area contributed by atoms with Gasteiger partial charge in [-0.15, -0.1) is 0 Å². The van der Waals surface area contributed by atoms with Crippen LogP contribution in [0.15, 0.2) is 60.8 Å². The first-order valence-corrected chi connectivity index (χ1v) is 8.38. The Morgan fingerprint density at radius 2 is 1.88 bits per heavy atom. The third-order valence-corrected chi connectivity index (χ3v) is 4.22. The van der Waals surface area contributed by atoms with E-state index in [1.165, 1.54) is 0 Å². The smallest absolute Gasteiger partial charge is 0.274 e. The lowest BCUT2D eigenvalue weighted by Crippen LogP contribution is -2.13. The Kier molecular flexibility index (Phi) is 5.39. The van der Waals surface area contributed by atoms with Crippen molar-refractivity contribution in [2.45, 2.75) is 6.92 Å². The number of rotatable bonds is 5. The molecule has 3 rings (SSSR count). The molecule has 6 heteroatoms. The lowest BCUT2D eigenvalue weighted by Gasteiger charge is -2.12. The van der Waals surface area contributed by atoms with E-state index in [2.05, 4.69) is 15.6 Å². The second kappa shape index (κ2) is 7.89. The van der Waals surface area contributed by atoms with Crippen LogP contribution in [0, 0.1) is 6.92 Å². The third kappa shape index (κ3) is 4.13. The molecule has 1 amide bonds. The molecular weight excluding hydrogens is 350 g/mol. The quantitative estimate of drug-likeness (QED) is 0.662. The fourth-order valence-corrected chi connectivity index (χ4v) is 2.58. The van der Waals surface area contributed by atoms with Crippen molar-refractivity contribution in [1.82, 2.24) is 4.98 Å². The highest BCUT2D eigenvalue weighted by Gasteiger charge is 2.10. The summed E-state index contributed by atoms with van der Waals surface area (Å²) in [6.45, 7) is 1.91. The predicted octanol–water partition coefficient (Wildman–Crippen LogP) is 5.05. The SMILES string of the molecule is COc1ccccc1Nc1ccnc(C(=O)Nc2ccc(C)c(Cl)c2)c1. The number of ether oxygens (including phenoxy) is 1. The Balaban J connectivity index is 1.78. The van der Waals surface area contributed by atoms with E-state index in [-0.39, 0.29) is 5.91 Å². The van der Waals surface area contributed by atoms with Crippen LogP contribution in [0.1, 0.15) is 16.1 Å². The maximum absolute atomic E-state index is 12.5. The van der Waals surface area contributed by atoms with Crippen LogP contribution in [-0.2, 0) is 0 Å². The van der Waals surface area contributed by atoms with E-state index in [0.29, 0.717) is 22.2 Å². The number of aryl methyl sites for hydroxylation is 1. The van der Waals surface area contributed by atoms with Gasteiger partial charge in [-0.3, -0.25) is 9.78 Å². The number of nitrogens with zero attached hydrogens (tertiary/aromatic N) is 1. The van der Waals surface area contributed by atoms with E-state index in [9.17, 15) is 4.79 Å². The summed E-state index contributed by atoms with van der Waals surface area (Å²) in [6.07, 6.45) is 1.58. The molecule has 0 saturated heterocycles. The summed E-state index contributed by atoms with van der Waals surface area (Å²) in [7, 11) is 1.61. The Bertz CT molecular complexity index is 944. The van der Waals surface area contributed by atoms with Gasteiger partial charge in [0.05, 0.1) is 12.8 Å². The molecule has 2 aromatic carbocycles. The number of hydrogen-bond acceptors (Lipinski definition) is 4. The third-order valence-electron chi connectivity index (χ3n) is 3.81. The fourth-order valence-electron chi connectivity index (χ4n) is 2.40. The van der Waals surface area contributed by atoms with Gasteiger partial charge in [-0.2, -0.15) is 0 Å². The molecule has 26 heavy (non-hydrogen) atoms. The lowest BCUT2D eigenvalue weighted by atomic mass is 10.2. The zero-order valence-electron chi connectivity index (χ0n) is 14.4. The maximum atomic E-state index is 12.5. The van der Waals surface area contributed by atoms with Gasteiger partial charge < -0.3 is 15.4 Å². The second-order valence-electron chi connectivity index (χ2n) is 5.67. The average molecular weight is 368 g/mol. The van der Waals surface area contributed by atoms with Gasteiger partial charge in [-0.05, 0) is 48.9 Å². The number of aromatic nitrogens is 1. The lowest BCUT2D eigenvalue weighted by molar-refractivity contribution is 0.102. The van der Waals surface area contributed by atoms with E-state index in [1.54, 1.807) is 37.6 Å².